The van der Waals surface area contributed by atoms with E-state index in [4.69, 9.17) is 21.1 Å². The second-order valence-electron chi connectivity index (χ2n) is 5.89. The van der Waals surface area contributed by atoms with Crippen molar-refractivity contribution in [2.75, 3.05) is 34.4 Å². The minimum Gasteiger partial charge on any atom is -0.493 e. The van der Waals surface area contributed by atoms with Crippen LogP contribution in [0, 0.1) is 0 Å². The van der Waals surface area contributed by atoms with Gasteiger partial charge in [-0.05, 0) is 36.8 Å². The summed E-state index contributed by atoms with van der Waals surface area (Å²) in [6.45, 7) is 3.67. The van der Waals surface area contributed by atoms with Gasteiger partial charge >= 0.3 is 0 Å². The predicted octanol–water partition coefficient (Wildman–Crippen LogP) is 3.55. The van der Waals surface area contributed by atoms with E-state index in [-0.39, 0.29) is 6.54 Å². The summed E-state index contributed by atoms with van der Waals surface area (Å²) in [4.78, 5) is 7.73. The molecular weight excluding hydrogens is 386 g/mol. The number of methoxy groups -OCH3 is 2. The highest BCUT2D eigenvalue weighted by Crippen LogP contribution is 2.30. The molecule has 0 aliphatic rings. The minimum absolute atomic E-state index is 0.230. The SMILES string of the molecule is CCNC(=NCC(O)c1ccc(OC)c(OC)c1)N(C)Cc1ccc(Cl)s1. The number of aliphatic hydroxyl groups is 1. The number of rotatable bonds is 8. The molecule has 0 fully saturated rings. The molecular formula is C19H26ClN3O3S. The van der Waals surface area contributed by atoms with E-state index >= 15 is 0 Å². The number of aliphatic hydroxyl groups excluding tert-OH is 1. The quantitative estimate of drug-likeness (QED) is 0.513. The van der Waals surface area contributed by atoms with Crippen LogP contribution >= 0.6 is 22.9 Å². The van der Waals surface area contributed by atoms with E-state index in [2.05, 4.69) is 10.3 Å². The fraction of sp³-hybridized carbons (Fsp3) is 0.421. The van der Waals surface area contributed by atoms with Crippen LogP contribution < -0.4 is 14.8 Å². The number of benzene rings is 1. The first-order chi connectivity index (χ1) is 13.0. The van der Waals surface area contributed by atoms with Crippen molar-refractivity contribution in [3.05, 3.63) is 45.1 Å². The molecule has 1 atom stereocenters. The van der Waals surface area contributed by atoms with E-state index in [9.17, 15) is 5.11 Å². The van der Waals surface area contributed by atoms with E-state index < -0.39 is 6.10 Å². The van der Waals surface area contributed by atoms with E-state index in [0.717, 1.165) is 27.3 Å². The van der Waals surface area contributed by atoms with Crippen molar-refractivity contribution in [3.8, 4) is 11.5 Å². The van der Waals surface area contributed by atoms with Crippen molar-refractivity contribution in [2.24, 2.45) is 4.99 Å². The van der Waals surface area contributed by atoms with Crippen molar-refractivity contribution in [1.82, 2.24) is 10.2 Å². The fourth-order valence-electron chi connectivity index (χ4n) is 2.55. The number of halogens is 1. The van der Waals surface area contributed by atoms with Gasteiger partial charge < -0.3 is 24.8 Å². The molecule has 0 aliphatic carbocycles. The van der Waals surface area contributed by atoms with Gasteiger partial charge in [-0.25, -0.2) is 0 Å². The third-order valence-corrected chi connectivity index (χ3v) is 5.14. The molecule has 0 spiro atoms. The highest BCUT2D eigenvalue weighted by molar-refractivity contribution is 7.16. The summed E-state index contributed by atoms with van der Waals surface area (Å²) in [6.07, 6.45) is -0.747. The first-order valence-electron chi connectivity index (χ1n) is 8.62. The zero-order chi connectivity index (χ0) is 19.8. The number of aliphatic imine (C=N–C) groups is 1. The molecule has 1 heterocycles. The number of nitrogens with zero attached hydrogens (tertiary/aromatic N) is 2. The third-order valence-electron chi connectivity index (χ3n) is 3.92. The molecule has 1 aromatic heterocycles. The van der Waals surface area contributed by atoms with Crippen molar-refractivity contribution in [3.63, 3.8) is 0 Å². The lowest BCUT2D eigenvalue weighted by molar-refractivity contribution is 0.186. The lowest BCUT2D eigenvalue weighted by atomic mass is 10.1. The highest BCUT2D eigenvalue weighted by atomic mass is 35.5. The molecule has 8 heteroatoms. The monoisotopic (exact) mass is 411 g/mol. The van der Waals surface area contributed by atoms with Crippen LogP contribution in [-0.4, -0.2) is 50.3 Å². The smallest absolute Gasteiger partial charge is 0.194 e. The van der Waals surface area contributed by atoms with Gasteiger partial charge in [0.25, 0.3) is 0 Å². The molecule has 0 bridgehead atoms. The van der Waals surface area contributed by atoms with Crippen molar-refractivity contribution in [2.45, 2.75) is 19.6 Å². The van der Waals surface area contributed by atoms with Gasteiger partial charge in [0.05, 0.1) is 37.7 Å². The Labute approximate surface area is 169 Å². The molecule has 0 radical (unpaired) electrons. The van der Waals surface area contributed by atoms with Crippen LogP contribution in [-0.2, 0) is 6.54 Å². The average molecular weight is 412 g/mol. The van der Waals surface area contributed by atoms with Gasteiger partial charge in [-0.1, -0.05) is 17.7 Å². The summed E-state index contributed by atoms with van der Waals surface area (Å²) in [5.74, 6) is 1.93. The van der Waals surface area contributed by atoms with Crippen LogP contribution in [0.1, 0.15) is 23.5 Å². The van der Waals surface area contributed by atoms with Gasteiger partial charge in [-0.3, -0.25) is 4.99 Å². The van der Waals surface area contributed by atoms with E-state index in [0.29, 0.717) is 18.0 Å². The van der Waals surface area contributed by atoms with Gasteiger partial charge in [-0.2, -0.15) is 0 Å². The van der Waals surface area contributed by atoms with Gasteiger partial charge in [0.1, 0.15) is 0 Å². The Morgan fingerprint density at radius 3 is 2.59 bits per heavy atom. The Morgan fingerprint density at radius 2 is 2.00 bits per heavy atom. The zero-order valence-electron chi connectivity index (χ0n) is 16.0. The molecule has 6 nitrogen and oxygen atoms in total. The fourth-order valence-corrected chi connectivity index (χ4v) is 3.69. The van der Waals surface area contributed by atoms with E-state index in [1.807, 2.05) is 37.1 Å². The molecule has 1 unspecified atom stereocenters. The van der Waals surface area contributed by atoms with Gasteiger partial charge in [0, 0.05) is 18.5 Å². The maximum Gasteiger partial charge on any atom is 0.194 e. The van der Waals surface area contributed by atoms with Gasteiger partial charge in [0.15, 0.2) is 17.5 Å². The molecule has 27 heavy (non-hydrogen) atoms. The lowest BCUT2D eigenvalue weighted by Crippen LogP contribution is -2.38. The molecule has 2 aromatic rings. The summed E-state index contributed by atoms with van der Waals surface area (Å²) in [5, 5.41) is 13.8. The largest absolute Gasteiger partial charge is 0.493 e. The number of hydrogen-bond acceptors (Lipinski definition) is 5. The number of ether oxygens (including phenoxy) is 2. The maximum absolute atomic E-state index is 10.5. The first kappa shape index (κ1) is 21.3. The maximum atomic E-state index is 10.5. The van der Waals surface area contributed by atoms with E-state index in [1.54, 1.807) is 37.7 Å². The molecule has 2 N–H and O–H groups in total. The van der Waals surface area contributed by atoms with Crippen LogP contribution in [0.2, 0.25) is 4.34 Å². The van der Waals surface area contributed by atoms with Crippen LogP contribution in [0.15, 0.2) is 35.3 Å². The Kier molecular flexibility index (Phi) is 8.22. The Hall–Kier alpha value is -1.96. The van der Waals surface area contributed by atoms with Crippen molar-refractivity contribution < 1.29 is 14.6 Å². The molecule has 1 aromatic carbocycles. The third kappa shape index (κ3) is 6.02. The summed E-state index contributed by atoms with van der Waals surface area (Å²) < 4.78 is 11.3. The van der Waals surface area contributed by atoms with Crippen LogP contribution in [0.3, 0.4) is 0 Å². The number of hydrogen-bond donors (Lipinski definition) is 2. The lowest BCUT2D eigenvalue weighted by Gasteiger charge is -2.22. The summed E-state index contributed by atoms with van der Waals surface area (Å²) >= 11 is 7.55. The van der Waals surface area contributed by atoms with Crippen LogP contribution in [0.4, 0.5) is 0 Å². The van der Waals surface area contributed by atoms with Gasteiger partial charge in [-0.15, -0.1) is 11.3 Å². The highest BCUT2D eigenvalue weighted by Gasteiger charge is 2.13. The molecule has 0 aliphatic heterocycles. The van der Waals surface area contributed by atoms with Gasteiger partial charge in [0.2, 0.25) is 0 Å². The summed E-state index contributed by atoms with van der Waals surface area (Å²) in [6, 6.07) is 9.25. The van der Waals surface area contributed by atoms with Crippen molar-refractivity contribution in [1.29, 1.82) is 0 Å². The minimum atomic E-state index is -0.747. The Balaban J connectivity index is 2.08. The topological polar surface area (TPSA) is 66.3 Å². The Bertz CT molecular complexity index is 766. The summed E-state index contributed by atoms with van der Waals surface area (Å²) in [7, 11) is 5.11. The average Bonchev–Trinajstić information content (AvgIpc) is 3.08. The summed E-state index contributed by atoms with van der Waals surface area (Å²) in [5.41, 5.74) is 0.722. The molecule has 0 amide bonds. The number of thiophene rings is 1. The normalized spacial score (nSPS) is 12.6. The standard InChI is InChI=1S/C19H26ClN3O3S/c1-5-21-19(23(2)12-14-7-9-18(20)27-14)22-11-15(24)13-6-8-16(25-3)17(10-13)26-4/h6-10,15,24H,5,11-12H2,1-4H3,(H,21,22). The zero-order valence-corrected chi connectivity index (χ0v) is 17.6. The van der Waals surface area contributed by atoms with E-state index in [1.165, 1.54) is 0 Å². The second-order valence-corrected chi connectivity index (χ2v) is 7.69. The molecule has 0 saturated heterocycles. The molecule has 2 rings (SSSR count). The first-order valence-corrected chi connectivity index (χ1v) is 9.81. The molecule has 148 valence electrons. The second kappa shape index (κ2) is 10.4. The molecule has 0 saturated carbocycles. The number of guanidine groups is 1. The Morgan fingerprint density at radius 1 is 1.26 bits per heavy atom. The predicted molar refractivity (Wildman–Crippen MR) is 111 cm³/mol. The van der Waals surface area contributed by atoms with Crippen molar-refractivity contribution >= 4 is 28.9 Å². The van der Waals surface area contributed by atoms with Crippen LogP contribution in [0.25, 0.3) is 0 Å². The van der Waals surface area contributed by atoms with Crippen LogP contribution in [0.5, 0.6) is 11.5 Å². The number of nitrogens with one attached hydrogen (secondary N) is 1.